The predicted octanol–water partition coefficient (Wildman–Crippen LogP) is 13.4. The zero-order chi connectivity index (χ0) is 32.3. The van der Waals surface area contributed by atoms with Crippen molar-refractivity contribution in [1.82, 2.24) is 0 Å². The van der Waals surface area contributed by atoms with Crippen molar-refractivity contribution < 1.29 is 8.83 Å². The molecule has 0 aliphatic carbocycles. The molecule has 0 radical (unpaired) electrons. The average molecular weight is 628 g/mol. The summed E-state index contributed by atoms with van der Waals surface area (Å²) in [6.07, 6.45) is 0. The van der Waals surface area contributed by atoms with Crippen molar-refractivity contribution in [2.75, 3.05) is 4.90 Å². The van der Waals surface area contributed by atoms with Crippen LogP contribution < -0.4 is 4.90 Å². The summed E-state index contributed by atoms with van der Waals surface area (Å²) in [5.74, 6) is 0. The van der Waals surface area contributed by atoms with Gasteiger partial charge in [-0.25, -0.2) is 0 Å². The van der Waals surface area contributed by atoms with E-state index in [0.29, 0.717) is 0 Å². The highest BCUT2D eigenvalue weighted by Gasteiger charge is 2.17. The van der Waals surface area contributed by atoms with Crippen molar-refractivity contribution in [2.24, 2.45) is 0 Å². The van der Waals surface area contributed by atoms with Gasteiger partial charge in [0.2, 0.25) is 0 Å². The molecular weight excluding hydrogens is 599 g/mol. The molecule has 10 aromatic rings. The van der Waals surface area contributed by atoms with Crippen molar-refractivity contribution in [3.8, 4) is 22.3 Å². The Morgan fingerprint density at radius 3 is 1.69 bits per heavy atom. The third kappa shape index (κ3) is 4.67. The molecule has 8 aromatic carbocycles. The molecule has 0 aliphatic rings. The van der Waals surface area contributed by atoms with Gasteiger partial charge in [-0.15, -0.1) is 0 Å². The number of para-hydroxylation sites is 2. The van der Waals surface area contributed by atoms with Gasteiger partial charge in [0.15, 0.2) is 0 Å². The van der Waals surface area contributed by atoms with Gasteiger partial charge in [0, 0.05) is 44.7 Å². The molecule has 0 saturated carbocycles. The summed E-state index contributed by atoms with van der Waals surface area (Å²) in [6.45, 7) is 0. The van der Waals surface area contributed by atoms with Crippen molar-refractivity contribution in [3.63, 3.8) is 0 Å². The number of fused-ring (bicyclic) bond motifs is 7. The van der Waals surface area contributed by atoms with Crippen LogP contribution in [0.5, 0.6) is 0 Å². The van der Waals surface area contributed by atoms with Crippen molar-refractivity contribution in [1.29, 1.82) is 0 Å². The lowest BCUT2D eigenvalue weighted by molar-refractivity contribution is 0.668. The van der Waals surface area contributed by atoms with Crippen LogP contribution in [-0.2, 0) is 0 Å². The monoisotopic (exact) mass is 627 g/mol. The minimum Gasteiger partial charge on any atom is -0.456 e. The van der Waals surface area contributed by atoms with E-state index in [0.717, 1.165) is 77.6 Å². The smallest absolute Gasteiger partial charge is 0.137 e. The standard InChI is InChI=1S/C46H29NO2/c1-2-9-32-26-34(17-16-30(32)8-1)33-10-7-11-37(27-33)47(38-23-24-41-39-12-3-5-14-43(39)49-46(41)29-38)36-21-18-31(19-22-36)35-20-25-45-42(28-35)40-13-4-6-15-44(40)48-45/h1-29H. The van der Waals surface area contributed by atoms with Crippen LogP contribution >= 0.6 is 0 Å². The summed E-state index contributed by atoms with van der Waals surface area (Å²) >= 11 is 0. The molecule has 2 aromatic heterocycles. The van der Waals surface area contributed by atoms with E-state index in [2.05, 4.69) is 157 Å². The maximum atomic E-state index is 6.35. The van der Waals surface area contributed by atoms with Gasteiger partial charge >= 0.3 is 0 Å². The largest absolute Gasteiger partial charge is 0.456 e. The maximum Gasteiger partial charge on any atom is 0.137 e. The van der Waals surface area contributed by atoms with E-state index < -0.39 is 0 Å². The predicted molar refractivity (Wildman–Crippen MR) is 204 cm³/mol. The molecule has 0 unspecified atom stereocenters. The molecule has 0 aliphatic heterocycles. The Kier molecular flexibility index (Phi) is 6.18. The molecule has 0 saturated heterocycles. The number of hydrogen-bond donors (Lipinski definition) is 0. The van der Waals surface area contributed by atoms with Gasteiger partial charge in [-0.05, 0) is 99.8 Å². The first-order valence-electron chi connectivity index (χ1n) is 16.6. The minimum atomic E-state index is 0.867. The molecule has 0 atom stereocenters. The minimum absolute atomic E-state index is 0.867. The molecule has 0 fully saturated rings. The van der Waals surface area contributed by atoms with Gasteiger partial charge in [-0.1, -0.05) is 103 Å². The maximum absolute atomic E-state index is 6.35. The highest BCUT2D eigenvalue weighted by molar-refractivity contribution is 6.07. The number of furan rings is 2. The molecule has 0 N–H and O–H groups in total. The lowest BCUT2D eigenvalue weighted by Crippen LogP contribution is -2.10. The first-order valence-corrected chi connectivity index (χ1v) is 16.6. The number of anilines is 3. The van der Waals surface area contributed by atoms with Crippen LogP contribution in [0, 0.1) is 0 Å². The Bertz CT molecular complexity index is 2840. The summed E-state index contributed by atoms with van der Waals surface area (Å²) in [7, 11) is 0. The summed E-state index contributed by atoms with van der Waals surface area (Å²) in [4.78, 5) is 2.31. The second-order valence-electron chi connectivity index (χ2n) is 12.6. The van der Waals surface area contributed by atoms with Gasteiger partial charge < -0.3 is 13.7 Å². The second-order valence-corrected chi connectivity index (χ2v) is 12.6. The van der Waals surface area contributed by atoms with E-state index in [4.69, 9.17) is 8.83 Å². The second kappa shape index (κ2) is 11.0. The molecule has 0 amide bonds. The fraction of sp³-hybridized carbons (Fsp3) is 0. The number of benzene rings is 8. The number of rotatable bonds is 5. The fourth-order valence-corrected chi connectivity index (χ4v) is 7.20. The molecule has 0 spiro atoms. The van der Waals surface area contributed by atoms with Gasteiger partial charge in [-0.2, -0.15) is 0 Å². The fourth-order valence-electron chi connectivity index (χ4n) is 7.20. The summed E-state index contributed by atoms with van der Waals surface area (Å²) in [5, 5.41) is 6.97. The van der Waals surface area contributed by atoms with E-state index in [9.17, 15) is 0 Å². The third-order valence-corrected chi connectivity index (χ3v) is 9.64. The lowest BCUT2D eigenvalue weighted by Gasteiger charge is -2.26. The van der Waals surface area contributed by atoms with Crippen molar-refractivity contribution in [3.05, 3.63) is 176 Å². The zero-order valence-electron chi connectivity index (χ0n) is 26.5. The molecule has 0 bridgehead atoms. The van der Waals surface area contributed by atoms with Gasteiger partial charge in [0.25, 0.3) is 0 Å². The van der Waals surface area contributed by atoms with Crippen LogP contribution in [0.2, 0.25) is 0 Å². The molecule has 3 nitrogen and oxygen atoms in total. The van der Waals surface area contributed by atoms with Crippen molar-refractivity contribution >= 4 is 71.7 Å². The number of hydrogen-bond acceptors (Lipinski definition) is 3. The molecule has 3 heteroatoms. The lowest BCUT2D eigenvalue weighted by atomic mass is 10.00. The highest BCUT2D eigenvalue weighted by atomic mass is 16.3. The Hall–Kier alpha value is -6.58. The van der Waals surface area contributed by atoms with E-state index in [-0.39, 0.29) is 0 Å². The van der Waals surface area contributed by atoms with E-state index in [1.54, 1.807) is 0 Å². The summed E-state index contributed by atoms with van der Waals surface area (Å²) in [6, 6.07) is 62.2. The van der Waals surface area contributed by atoms with Crippen molar-refractivity contribution in [2.45, 2.75) is 0 Å². The van der Waals surface area contributed by atoms with Crippen LogP contribution in [0.3, 0.4) is 0 Å². The first kappa shape index (κ1) is 27.5. The highest BCUT2D eigenvalue weighted by Crippen LogP contribution is 2.41. The average Bonchev–Trinajstić information content (AvgIpc) is 3.73. The van der Waals surface area contributed by atoms with Gasteiger partial charge in [-0.3, -0.25) is 0 Å². The molecule has 10 rings (SSSR count). The van der Waals surface area contributed by atoms with Crippen LogP contribution in [-0.4, -0.2) is 0 Å². The molecular formula is C46H29NO2. The first-order chi connectivity index (χ1) is 24.2. The van der Waals surface area contributed by atoms with E-state index in [1.165, 1.54) is 16.3 Å². The molecule has 2 heterocycles. The summed E-state index contributed by atoms with van der Waals surface area (Å²) in [5.41, 5.74) is 11.4. The normalized spacial score (nSPS) is 11.7. The SMILES string of the molecule is c1cc(-c2ccc3ccccc3c2)cc(N(c2ccc(-c3ccc4oc5ccccc5c4c3)cc2)c2ccc3c(c2)oc2ccccc23)c1. The van der Waals surface area contributed by atoms with E-state index >= 15 is 0 Å². The zero-order valence-corrected chi connectivity index (χ0v) is 26.5. The third-order valence-electron chi connectivity index (χ3n) is 9.64. The Balaban J connectivity index is 1.09. The molecule has 230 valence electrons. The van der Waals surface area contributed by atoms with Crippen LogP contribution in [0.4, 0.5) is 17.1 Å². The topological polar surface area (TPSA) is 29.5 Å². The Morgan fingerprint density at radius 2 is 0.857 bits per heavy atom. The van der Waals surface area contributed by atoms with Crippen LogP contribution in [0.15, 0.2) is 185 Å². The Morgan fingerprint density at radius 1 is 0.286 bits per heavy atom. The van der Waals surface area contributed by atoms with Crippen LogP contribution in [0.1, 0.15) is 0 Å². The number of nitrogens with zero attached hydrogens (tertiary/aromatic N) is 1. The Labute approximate surface area is 282 Å². The van der Waals surface area contributed by atoms with Crippen LogP contribution in [0.25, 0.3) is 76.9 Å². The van der Waals surface area contributed by atoms with Gasteiger partial charge in [0.05, 0.1) is 0 Å². The molecule has 49 heavy (non-hydrogen) atoms. The van der Waals surface area contributed by atoms with E-state index in [1.807, 2.05) is 24.3 Å². The van der Waals surface area contributed by atoms with Gasteiger partial charge in [0.1, 0.15) is 22.3 Å². The summed E-state index contributed by atoms with van der Waals surface area (Å²) < 4.78 is 12.4. The quantitative estimate of drug-likeness (QED) is 0.190.